The van der Waals surface area contributed by atoms with Crippen LogP contribution in [-0.4, -0.2) is 42.8 Å². The molecule has 1 aliphatic rings. The Kier molecular flexibility index (Phi) is 5.03. The van der Waals surface area contributed by atoms with Crippen LogP contribution in [0.2, 0.25) is 0 Å². The average Bonchev–Trinajstić information content (AvgIpc) is 2.15. The lowest BCUT2D eigenvalue weighted by Crippen LogP contribution is -2.43. The first-order chi connectivity index (χ1) is 7.01. The molecular formula is C12H26N2O. The molecule has 0 spiro atoms. The first-order valence-corrected chi connectivity index (χ1v) is 6.14. The van der Waals surface area contributed by atoms with Crippen molar-refractivity contribution < 1.29 is 4.74 Å². The van der Waals surface area contributed by atoms with E-state index in [4.69, 9.17) is 10.5 Å². The zero-order valence-electron chi connectivity index (χ0n) is 10.5. The van der Waals surface area contributed by atoms with Crippen LogP contribution in [0.25, 0.3) is 0 Å². The summed E-state index contributed by atoms with van der Waals surface area (Å²) in [7, 11) is 0. The highest BCUT2D eigenvalue weighted by Crippen LogP contribution is 2.15. The van der Waals surface area contributed by atoms with Crippen LogP contribution in [0.5, 0.6) is 0 Å². The van der Waals surface area contributed by atoms with Crippen LogP contribution in [0.4, 0.5) is 0 Å². The predicted molar refractivity (Wildman–Crippen MR) is 64.0 cm³/mol. The van der Waals surface area contributed by atoms with Crippen molar-refractivity contribution in [3.05, 3.63) is 0 Å². The number of nitrogens with two attached hydrogens (primary N) is 1. The monoisotopic (exact) mass is 214 g/mol. The van der Waals surface area contributed by atoms with Crippen LogP contribution in [0.1, 0.15) is 40.0 Å². The summed E-state index contributed by atoms with van der Waals surface area (Å²) in [5, 5.41) is 0. The minimum absolute atomic E-state index is 0.0431. The lowest BCUT2D eigenvalue weighted by Gasteiger charge is -2.34. The number of rotatable bonds is 5. The molecule has 1 atom stereocenters. The van der Waals surface area contributed by atoms with Crippen molar-refractivity contribution in [2.75, 3.05) is 26.2 Å². The topological polar surface area (TPSA) is 38.5 Å². The van der Waals surface area contributed by atoms with Gasteiger partial charge in [0.2, 0.25) is 0 Å². The Hall–Kier alpha value is -0.120. The Balaban J connectivity index is 2.24. The minimum atomic E-state index is -0.0431. The second-order valence-electron chi connectivity index (χ2n) is 5.26. The fraction of sp³-hybridized carbons (Fsp3) is 1.00. The first kappa shape index (κ1) is 12.9. The highest BCUT2D eigenvalue weighted by Gasteiger charge is 2.21. The molecule has 0 saturated carbocycles. The number of nitrogens with zero attached hydrogens (tertiary/aromatic N) is 1. The van der Waals surface area contributed by atoms with Crippen LogP contribution < -0.4 is 5.73 Å². The van der Waals surface area contributed by atoms with Gasteiger partial charge in [0.1, 0.15) is 0 Å². The van der Waals surface area contributed by atoms with E-state index in [1.54, 1.807) is 0 Å². The van der Waals surface area contributed by atoms with Crippen LogP contribution in [0.3, 0.4) is 0 Å². The van der Waals surface area contributed by atoms with Crippen molar-refractivity contribution in [2.24, 2.45) is 5.73 Å². The lowest BCUT2D eigenvalue weighted by atomic mass is 10.0. The van der Waals surface area contributed by atoms with Gasteiger partial charge in [0.15, 0.2) is 0 Å². The predicted octanol–water partition coefficient (Wildman–Crippen LogP) is 1.61. The molecule has 2 N–H and O–H groups in total. The Morgan fingerprint density at radius 3 is 2.80 bits per heavy atom. The molecule has 1 fully saturated rings. The van der Waals surface area contributed by atoms with Gasteiger partial charge in [0.05, 0.1) is 6.10 Å². The molecule has 0 aliphatic carbocycles. The molecular weight excluding hydrogens is 188 g/mol. The van der Waals surface area contributed by atoms with E-state index in [1.165, 1.54) is 19.4 Å². The molecule has 3 heteroatoms. The molecule has 0 amide bonds. The van der Waals surface area contributed by atoms with Crippen molar-refractivity contribution in [1.29, 1.82) is 0 Å². The van der Waals surface area contributed by atoms with Crippen molar-refractivity contribution in [3.63, 3.8) is 0 Å². The SMILES string of the molecule is CCOC1CCCN(CCC(C)(C)N)C1. The van der Waals surface area contributed by atoms with E-state index in [-0.39, 0.29) is 5.54 Å². The highest BCUT2D eigenvalue weighted by atomic mass is 16.5. The summed E-state index contributed by atoms with van der Waals surface area (Å²) >= 11 is 0. The summed E-state index contributed by atoms with van der Waals surface area (Å²) in [4.78, 5) is 2.48. The maximum absolute atomic E-state index is 5.99. The molecule has 0 aromatic rings. The molecule has 0 radical (unpaired) electrons. The number of ether oxygens (including phenoxy) is 1. The summed E-state index contributed by atoms with van der Waals surface area (Å²) < 4.78 is 5.67. The van der Waals surface area contributed by atoms with Crippen molar-refractivity contribution in [3.8, 4) is 0 Å². The van der Waals surface area contributed by atoms with Crippen molar-refractivity contribution in [1.82, 2.24) is 4.90 Å². The lowest BCUT2D eigenvalue weighted by molar-refractivity contribution is 0.00455. The largest absolute Gasteiger partial charge is 0.377 e. The molecule has 15 heavy (non-hydrogen) atoms. The minimum Gasteiger partial charge on any atom is -0.377 e. The molecule has 0 bridgehead atoms. The zero-order chi connectivity index (χ0) is 11.3. The van der Waals surface area contributed by atoms with E-state index in [0.717, 1.165) is 26.1 Å². The van der Waals surface area contributed by atoms with Crippen LogP contribution in [0, 0.1) is 0 Å². The standard InChI is InChI=1S/C12H26N2O/c1-4-15-11-6-5-8-14(10-11)9-7-12(2,3)13/h11H,4-10,13H2,1-3H3. The summed E-state index contributed by atoms with van der Waals surface area (Å²) in [6.07, 6.45) is 3.99. The van der Waals surface area contributed by atoms with Crippen LogP contribution in [0.15, 0.2) is 0 Å². The molecule has 1 rings (SSSR count). The molecule has 1 aliphatic heterocycles. The van der Waals surface area contributed by atoms with Gasteiger partial charge >= 0.3 is 0 Å². The summed E-state index contributed by atoms with van der Waals surface area (Å²) in [5.74, 6) is 0. The van der Waals surface area contributed by atoms with Gasteiger partial charge in [-0.3, -0.25) is 0 Å². The molecule has 90 valence electrons. The number of hydrogen-bond acceptors (Lipinski definition) is 3. The maximum atomic E-state index is 5.99. The maximum Gasteiger partial charge on any atom is 0.0702 e. The summed E-state index contributed by atoms with van der Waals surface area (Å²) in [6, 6.07) is 0. The van der Waals surface area contributed by atoms with Gasteiger partial charge in [0.25, 0.3) is 0 Å². The Morgan fingerprint density at radius 1 is 1.47 bits per heavy atom. The summed E-state index contributed by atoms with van der Waals surface area (Å²) in [5.41, 5.74) is 5.94. The van der Waals surface area contributed by atoms with E-state index in [2.05, 4.69) is 25.7 Å². The van der Waals surface area contributed by atoms with Gasteiger partial charge in [-0.2, -0.15) is 0 Å². The Bertz CT molecular complexity index is 175. The quantitative estimate of drug-likeness (QED) is 0.755. The Morgan fingerprint density at radius 2 is 2.20 bits per heavy atom. The van der Waals surface area contributed by atoms with E-state index >= 15 is 0 Å². The molecule has 0 aromatic carbocycles. The van der Waals surface area contributed by atoms with Crippen LogP contribution in [-0.2, 0) is 4.74 Å². The summed E-state index contributed by atoms with van der Waals surface area (Å²) in [6.45, 7) is 10.5. The smallest absolute Gasteiger partial charge is 0.0702 e. The number of hydrogen-bond donors (Lipinski definition) is 1. The van der Waals surface area contributed by atoms with Gasteiger partial charge in [0, 0.05) is 18.7 Å². The van der Waals surface area contributed by atoms with Gasteiger partial charge in [-0.05, 0) is 53.1 Å². The molecule has 1 heterocycles. The zero-order valence-corrected chi connectivity index (χ0v) is 10.5. The van der Waals surface area contributed by atoms with E-state index in [1.807, 2.05) is 0 Å². The van der Waals surface area contributed by atoms with Crippen molar-refractivity contribution >= 4 is 0 Å². The van der Waals surface area contributed by atoms with E-state index < -0.39 is 0 Å². The van der Waals surface area contributed by atoms with E-state index in [0.29, 0.717) is 6.10 Å². The van der Waals surface area contributed by atoms with Gasteiger partial charge in [-0.25, -0.2) is 0 Å². The first-order valence-electron chi connectivity index (χ1n) is 6.14. The Labute approximate surface area is 94.0 Å². The number of piperidine rings is 1. The normalized spacial score (nSPS) is 24.4. The van der Waals surface area contributed by atoms with Crippen molar-refractivity contribution in [2.45, 2.75) is 51.7 Å². The third-order valence-electron chi connectivity index (χ3n) is 2.94. The van der Waals surface area contributed by atoms with E-state index in [9.17, 15) is 0 Å². The van der Waals surface area contributed by atoms with Gasteiger partial charge in [-0.1, -0.05) is 0 Å². The second-order valence-corrected chi connectivity index (χ2v) is 5.26. The molecule has 1 unspecified atom stereocenters. The third kappa shape index (κ3) is 5.50. The fourth-order valence-electron chi connectivity index (χ4n) is 2.03. The molecule has 3 nitrogen and oxygen atoms in total. The van der Waals surface area contributed by atoms with Gasteiger partial charge in [-0.15, -0.1) is 0 Å². The van der Waals surface area contributed by atoms with Crippen LogP contribution >= 0.6 is 0 Å². The fourth-order valence-corrected chi connectivity index (χ4v) is 2.03. The highest BCUT2D eigenvalue weighted by molar-refractivity contribution is 4.78. The third-order valence-corrected chi connectivity index (χ3v) is 2.94. The van der Waals surface area contributed by atoms with Gasteiger partial charge < -0.3 is 15.4 Å². The molecule has 0 aromatic heterocycles. The average molecular weight is 214 g/mol. The molecule has 1 saturated heterocycles. The number of likely N-dealkylation sites (tertiary alicyclic amines) is 1. The second kappa shape index (κ2) is 5.83.